The highest BCUT2D eigenvalue weighted by Crippen LogP contribution is 2.24. The molecule has 0 bridgehead atoms. The fourth-order valence-corrected chi connectivity index (χ4v) is 4.18. The molecule has 0 unspecified atom stereocenters. The highest BCUT2D eigenvalue weighted by Gasteiger charge is 2.18. The number of Topliss-reactive ketones (excluding diaryl/α,β-unsaturated/α-hetero) is 2. The number of hydrogen-bond acceptors (Lipinski definition) is 16. The number of ether oxygens (including phenoxy) is 4. The summed E-state index contributed by atoms with van der Waals surface area (Å²) in [6, 6.07) is 13.6. The second-order valence-corrected chi connectivity index (χ2v) is 10.3. The van der Waals surface area contributed by atoms with Crippen molar-refractivity contribution in [3.8, 4) is 0 Å². The minimum absolute atomic E-state index is 0.00452. The van der Waals surface area contributed by atoms with Gasteiger partial charge in [0, 0.05) is 11.4 Å². The van der Waals surface area contributed by atoms with Gasteiger partial charge in [0.15, 0.2) is 11.6 Å². The molecule has 270 valence electrons. The quantitative estimate of drug-likeness (QED) is 0.0916. The second-order valence-electron chi connectivity index (χ2n) is 10.3. The Bertz CT molecular complexity index is 1800. The molecule has 0 fully saturated rings. The molecule has 0 saturated carbocycles. The number of amides is 2. The summed E-state index contributed by atoms with van der Waals surface area (Å²) in [6.07, 6.45) is -1.10. The van der Waals surface area contributed by atoms with Gasteiger partial charge in [-0.25, -0.2) is 19.2 Å². The summed E-state index contributed by atoms with van der Waals surface area (Å²) < 4.78 is 18.7. The minimum Gasteiger partial charge on any atom is -0.465 e. The molecule has 52 heavy (non-hydrogen) atoms. The van der Waals surface area contributed by atoms with Crippen molar-refractivity contribution in [1.29, 1.82) is 0 Å². The first-order valence-corrected chi connectivity index (χ1v) is 15.0. The normalized spacial score (nSPS) is 10.7. The number of nitrogens with zero attached hydrogens (tertiary/aromatic N) is 4. The van der Waals surface area contributed by atoms with Crippen molar-refractivity contribution < 1.29 is 57.3 Å². The van der Waals surface area contributed by atoms with Gasteiger partial charge in [-0.15, -0.1) is 0 Å². The number of nitrogens with one attached hydrogen (secondary N) is 2. The van der Waals surface area contributed by atoms with Crippen LogP contribution in [0.5, 0.6) is 0 Å². The van der Waals surface area contributed by atoms with Gasteiger partial charge in [0.25, 0.3) is 0 Å². The van der Waals surface area contributed by atoms with Crippen LogP contribution in [0.4, 0.5) is 22.7 Å². The molecule has 0 aliphatic carbocycles. The first kappa shape index (κ1) is 39.5. The highest BCUT2D eigenvalue weighted by molar-refractivity contribution is 6.06. The standard InChI is InChI=1S/C34H32N6O12/c1-49-31(45)19-5-11-25(33(47)51-3)27(13-19)39-35-17-23(41)15-29(43)37-21-7-9-22(10-8-21)38-30(44)16-24(42)18-36-40-28-14-20(32(46)50-2)6-12-26(28)34(48)52-4/h5-14H,15-18H2,1-4H3,(H,37,43)(H,38,44). The van der Waals surface area contributed by atoms with E-state index in [0.717, 1.165) is 14.2 Å². The van der Waals surface area contributed by atoms with Crippen molar-refractivity contribution in [3.05, 3.63) is 82.9 Å². The van der Waals surface area contributed by atoms with Crippen molar-refractivity contribution in [2.45, 2.75) is 12.8 Å². The van der Waals surface area contributed by atoms with E-state index < -0.39 is 73.2 Å². The monoisotopic (exact) mass is 716 g/mol. The molecule has 0 aromatic heterocycles. The van der Waals surface area contributed by atoms with E-state index in [0.29, 0.717) is 11.4 Å². The van der Waals surface area contributed by atoms with Crippen molar-refractivity contribution in [2.75, 3.05) is 52.2 Å². The van der Waals surface area contributed by atoms with Crippen molar-refractivity contribution >= 4 is 70.0 Å². The lowest BCUT2D eigenvalue weighted by atomic mass is 10.1. The van der Waals surface area contributed by atoms with Crippen LogP contribution in [-0.4, -0.2) is 88.8 Å². The van der Waals surface area contributed by atoms with Gasteiger partial charge in [-0.2, -0.15) is 20.5 Å². The number of esters is 4. The Hall–Kier alpha value is -6.98. The van der Waals surface area contributed by atoms with E-state index >= 15 is 0 Å². The number of anilines is 2. The van der Waals surface area contributed by atoms with Crippen LogP contribution in [0.2, 0.25) is 0 Å². The maximum Gasteiger partial charge on any atom is 0.340 e. The molecule has 3 aromatic rings. The number of methoxy groups -OCH3 is 4. The van der Waals surface area contributed by atoms with Crippen LogP contribution in [0.15, 0.2) is 81.1 Å². The van der Waals surface area contributed by atoms with Gasteiger partial charge < -0.3 is 29.6 Å². The van der Waals surface area contributed by atoms with Gasteiger partial charge in [-0.1, -0.05) is 0 Å². The average Bonchev–Trinajstić information content (AvgIpc) is 3.14. The van der Waals surface area contributed by atoms with E-state index in [9.17, 15) is 38.4 Å². The largest absolute Gasteiger partial charge is 0.465 e. The van der Waals surface area contributed by atoms with Crippen molar-refractivity contribution in [3.63, 3.8) is 0 Å². The van der Waals surface area contributed by atoms with E-state index in [1.165, 1.54) is 74.9 Å². The molecule has 2 N–H and O–H groups in total. The molecule has 0 aliphatic rings. The zero-order valence-electron chi connectivity index (χ0n) is 28.3. The van der Waals surface area contributed by atoms with Gasteiger partial charge in [-0.3, -0.25) is 19.2 Å². The maximum absolute atomic E-state index is 12.4. The number of ketones is 2. The molecule has 0 atom stereocenters. The lowest BCUT2D eigenvalue weighted by Crippen LogP contribution is -2.18. The van der Waals surface area contributed by atoms with Crippen molar-refractivity contribution in [1.82, 2.24) is 0 Å². The third-order valence-corrected chi connectivity index (χ3v) is 6.67. The fourth-order valence-electron chi connectivity index (χ4n) is 4.18. The van der Waals surface area contributed by atoms with Crippen LogP contribution in [0.25, 0.3) is 0 Å². The summed E-state index contributed by atoms with van der Waals surface area (Å²) in [5.74, 6) is -5.36. The van der Waals surface area contributed by atoms with Crippen LogP contribution in [0, 0.1) is 0 Å². The Balaban J connectivity index is 1.49. The van der Waals surface area contributed by atoms with E-state index in [-0.39, 0.29) is 33.6 Å². The summed E-state index contributed by atoms with van der Waals surface area (Å²) in [4.78, 5) is 97.2. The molecule has 0 spiro atoms. The van der Waals surface area contributed by atoms with E-state index in [2.05, 4.69) is 40.6 Å². The van der Waals surface area contributed by atoms with Crippen molar-refractivity contribution in [2.24, 2.45) is 20.5 Å². The Morgan fingerprint density at radius 3 is 1.17 bits per heavy atom. The Kier molecular flexibility index (Phi) is 14.6. The first-order chi connectivity index (χ1) is 24.9. The maximum atomic E-state index is 12.4. The molecular weight excluding hydrogens is 684 g/mol. The number of carbonyl (C=O) groups is 8. The topological polar surface area (TPSA) is 247 Å². The second kappa shape index (κ2) is 19.3. The summed E-state index contributed by atoms with van der Waals surface area (Å²) in [5, 5.41) is 20.3. The van der Waals surface area contributed by atoms with Gasteiger partial charge in [0.2, 0.25) is 11.8 Å². The number of azo groups is 2. The Morgan fingerprint density at radius 2 is 0.846 bits per heavy atom. The van der Waals surface area contributed by atoms with Crippen LogP contribution < -0.4 is 10.6 Å². The third-order valence-electron chi connectivity index (χ3n) is 6.67. The average molecular weight is 717 g/mol. The summed E-state index contributed by atoms with van der Waals surface area (Å²) >= 11 is 0. The van der Waals surface area contributed by atoms with Crippen LogP contribution in [-0.2, 0) is 38.1 Å². The lowest BCUT2D eigenvalue weighted by molar-refractivity contribution is -0.126. The summed E-state index contributed by atoms with van der Waals surface area (Å²) in [7, 11) is 4.69. The molecule has 18 heteroatoms. The van der Waals surface area contributed by atoms with Crippen LogP contribution in [0.3, 0.4) is 0 Å². The smallest absolute Gasteiger partial charge is 0.340 e. The van der Waals surface area contributed by atoms with E-state index in [4.69, 9.17) is 9.47 Å². The van der Waals surface area contributed by atoms with Crippen LogP contribution in [0.1, 0.15) is 54.3 Å². The summed E-state index contributed by atoms with van der Waals surface area (Å²) in [6.45, 7) is -1.00. The lowest BCUT2D eigenvalue weighted by Gasteiger charge is -2.07. The van der Waals surface area contributed by atoms with Gasteiger partial charge in [-0.05, 0) is 60.7 Å². The summed E-state index contributed by atoms with van der Waals surface area (Å²) in [5.41, 5.74) is 0.705. The number of benzene rings is 3. The van der Waals surface area contributed by atoms with E-state index in [1.807, 2.05) is 0 Å². The van der Waals surface area contributed by atoms with Gasteiger partial charge in [0.1, 0.15) is 24.5 Å². The molecule has 3 rings (SSSR count). The molecule has 3 aromatic carbocycles. The van der Waals surface area contributed by atoms with Gasteiger partial charge in [0.05, 0.1) is 63.5 Å². The molecule has 0 aliphatic heterocycles. The Labute approximate surface area is 295 Å². The predicted molar refractivity (Wildman–Crippen MR) is 180 cm³/mol. The van der Waals surface area contributed by atoms with Gasteiger partial charge >= 0.3 is 23.9 Å². The molecule has 0 saturated heterocycles. The first-order valence-electron chi connectivity index (χ1n) is 15.0. The third kappa shape index (κ3) is 11.6. The molecule has 0 heterocycles. The number of carbonyl (C=O) groups excluding carboxylic acids is 8. The molecule has 2 amide bonds. The number of rotatable bonds is 16. The zero-order valence-corrected chi connectivity index (χ0v) is 28.3. The predicted octanol–water partition coefficient (Wildman–Crippen LogP) is 4.20. The fraction of sp³-hybridized carbons (Fsp3) is 0.235. The molecular formula is C34H32N6O12. The van der Waals surface area contributed by atoms with Crippen LogP contribution >= 0.6 is 0 Å². The SMILES string of the molecule is COC(=O)c1ccc(C(=O)OC)c(N=NCC(=O)CC(=O)Nc2ccc(NC(=O)CC(=O)CN=Nc3cc(C(=O)OC)ccc3C(=O)OC)cc2)c1. The highest BCUT2D eigenvalue weighted by atomic mass is 16.5. The number of hydrogen-bond donors (Lipinski definition) is 2. The Morgan fingerprint density at radius 1 is 0.500 bits per heavy atom. The van der Waals surface area contributed by atoms with E-state index in [1.54, 1.807) is 0 Å². The molecule has 0 radical (unpaired) electrons. The molecule has 18 nitrogen and oxygen atoms in total. The zero-order chi connectivity index (χ0) is 38.2. The minimum atomic E-state index is -0.742.